The van der Waals surface area contributed by atoms with Gasteiger partial charge in [0.15, 0.2) is 5.13 Å². The van der Waals surface area contributed by atoms with Gasteiger partial charge in [-0.1, -0.05) is 13.8 Å². The Morgan fingerprint density at radius 1 is 1.24 bits per heavy atom. The predicted octanol–water partition coefficient (Wildman–Crippen LogP) is 5.67. The Morgan fingerprint density at radius 3 is 2.59 bits per heavy atom. The Kier molecular flexibility index (Phi) is 6.43. The Bertz CT molecular complexity index is 990. The lowest BCUT2D eigenvalue weighted by molar-refractivity contribution is 0.256. The number of urea groups is 1. The number of anilines is 2. The van der Waals surface area contributed by atoms with Crippen LogP contribution in [-0.2, 0) is 6.67 Å². The summed E-state index contributed by atoms with van der Waals surface area (Å²) >= 11 is 1.21. The first-order valence-electron chi connectivity index (χ1n) is 9.01. The molecule has 2 aromatic carbocycles. The molecule has 2 amide bonds. The van der Waals surface area contributed by atoms with Gasteiger partial charge in [0.05, 0.1) is 18.0 Å². The number of rotatable bonds is 7. The van der Waals surface area contributed by atoms with Crippen molar-refractivity contribution in [2.24, 2.45) is 11.7 Å². The molecule has 8 heteroatoms. The maximum absolute atomic E-state index is 13.6. The van der Waals surface area contributed by atoms with E-state index in [1.54, 1.807) is 29.6 Å². The number of primary amides is 1. The minimum absolute atomic E-state index is 0.296. The Labute approximate surface area is 171 Å². The number of aromatic nitrogens is 1. The maximum atomic E-state index is 13.6. The Hall–Kier alpha value is -3.00. The number of nitrogens with zero attached hydrogens (tertiary/aromatic N) is 2. The molecule has 0 aliphatic rings. The first kappa shape index (κ1) is 20.7. The van der Waals surface area contributed by atoms with Crippen molar-refractivity contribution in [2.75, 3.05) is 11.5 Å². The summed E-state index contributed by atoms with van der Waals surface area (Å²) in [6.07, 6.45) is 0. The molecule has 0 aliphatic carbocycles. The summed E-state index contributed by atoms with van der Waals surface area (Å²) in [6.45, 7) is 3.71. The molecule has 5 nitrogen and oxygen atoms in total. The quantitative estimate of drug-likeness (QED) is 0.538. The monoisotopic (exact) mass is 417 g/mol. The van der Waals surface area contributed by atoms with Crippen LogP contribution in [0.25, 0.3) is 11.3 Å². The molecular weight excluding hydrogens is 396 g/mol. The number of thiazole rings is 1. The normalized spacial score (nSPS) is 10.9. The summed E-state index contributed by atoms with van der Waals surface area (Å²) in [7, 11) is 0. The molecule has 1 heterocycles. The molecule has 0 saturated carbocycles. The van der Waals surface area contributed by atoms with Crippen LogP contribution in [0.3, 0.4) is 0 Å². The van der Waals surface area contributed by atoms with Crippen LogP contribution in [0.2, 0.25) is 0 Å². The fraction of sp³-hybridized carbons (Fsp3) is 0.238. The van der Waals surface area contributed by atoms with Crippen molar-refractivity contribution in [1.82, 2.24) is 4.98 Å². The molecule has 3 aromatic rings. The van der Waals surface area contributed by atoms with Crippen LogP contribution in [0, 0.1) is 11.7 Å². The molecule has 0 spiro atoms. The van der Waals surface area contributed by atoms with Gasteiger partial charge in [0.2, 0.25) is 0 Å². The second kappa shape index (κ2) is 9.00. The SMILES string of the molecule is CC(C)COc1ccc(N(C(N)=O)c2nc(-c3ccc(F)cc3)cs2)cc1CF. The summed E-state index contributed by atoms with van der Waals surface area (Å²) in [5.74, 6) is 0.381. The number of hydrogen-bond donors (Lipinski definition) is 1. The molecule has 3 rings (SSSR count). The highest BCUT2D eigenvalue weighted by Crippen LogP contribution is 2.34. The molecule has 0 fully saturated rings. The Balaban J connectivity index is 1.92. The topological polar surface area (TPSA) is 68.5 Å². The first-order chi connectivity index (χ1) is 13.9. The zero-order valence-corrected chi connectivity index (χ0v) is 16.9. The van der Waals surface area contributed by atoms with Gasteiger partial charge in [0.1, 0.15) is 18.2 Å². The van der Waals surface area contributed by atoms with E-state index in [2.05, 4.69) is 4.98 Å². The van der Waals surface area contributed by atoms with E-state index in [0.29, 0.717) is 45.9 Å². The van der Waals surface area contributed by atoms with Crippen LogP contribution in [0.5, 0.6) is 5.75 Å². The van der Waals surface area contributed by atoms with E-state index in [-0.39, 0.29) is 5.82 Å². The third kappa shape index (κ3) is 4.89. The number of hydrogen-bond acceptors (Lipinski definition) is 4. The third-order valence-electron chi connectivity index (χ3n) is 4.06. The van der Waals surface area contributed by atoms with Gasteiger partial charge in [-0.3, -0.25) is 0 Å². The maximum Gasteiger partial charge on any atom is 0.325 e. The van der Waals surface area contributed by atoms with Crippen LogP contribution in [0.15, 0.2) is 47.8 Å². The van der Waals surface area contributed by atoms with Crippen molar-refractivity contribution in [1.29, 1.82) is 0 Å². The van der Waals surface area contributed by atoms with Gasteiger partial charge in [-0.2, -0.15) is 0 Å². The zero-order chi connectivity index (χ0) is 21.0. The number of carbonyl (C=O) groups is 1. The highest BCUT2D eigenvalue weighted by Gasteiger charge is 2.21. The molecule has 29 heavy (non-hydrogen) atoms. The van der Waals surface area contributed by atoms with E-state index < -0.39 is 12.7 Å². The summed E-state index contributed by atoms with van der Waals surface area (Å²) in [5.41, 5.74) is 7.58. The van der Waals surface area contributed by atoms with E-state index in [1.807, 2.05) is 13.8 Å². The number of amides is 2. The number of ether oxygens (including phenoxy) is 1. The van der Waals surface area contributed by atoms with E-state index in [1.165, 1.54) is 34.4 Å². The predicted molar refractivity (Wildman–Crippen MR) is 111 cm³/mol. The van der Waals surface area contributed by atoms with Crippen molar-refractivity contribution in [3.8, 4) is 17.0 Å². The number of benzene rings is 2. The zero-order valence-electron chi connectivity index (χ0n) is 16.1. The molecule has 0 aliphatic heterocycles. The van der Waals surface area contributed by atoms with Crippen molar-refractivity contribution in [3.63, 3.8) is 0 Å². The highest BCUT2D eigenvalue weighted by atomic mass is 32.1. The molecule has 0 bridgehead atoms. The van der Waals surface area contributed by atoms with E-state index in [0.717, 1.165) is 0 Å². The number of carbonyl (C=O) groups excluding carboxylic acids is 1. The van der Waals surface area contributed by atoms with E-state index in [9.17, 15) is 13.6 Å². The summed E-state index contributed by atoms with van der Waals surface area (Å²) in [4.78, 5) is 17.8. The lowest BCUT2D eigenvalue weighted by Crippen LogP contribution is -2.31. The average molecular weight is 417 g/mol. The molecule has 2 N–H and O–H groups in total. The van der Waals surface area contributed by atoms with Crippen LogP contribution in [0.1, 0.15) is 19.4 Å². The van der Waals surface area contributed by atoms with Crippen LogP contribution >= 0.6 is 11.3 Å². The van der Waals surface area contributed by atoms with Crippen molar-refractivity contribution < 1.29 is 18.3 Å². The number of nitrogens with two attached hydrogens (primary N) is 1. The standard InChI is InChI=1S/C21H21F2N3O2S/c1-13(2)11-28-19-8-7-17(9-15(19)10-22)26(20(24)27)21-25-18(12-29-21)14-3-5-16(23)6-4-14/h3-9,12-13H,10-11H2,1-2H3,(H2,24,27). The third-order valence-corrected chi connectivity index (χ3v) is 4.89. The molecule has 0 saturated heterocycles. The van der Waals surface area contributed by atoms with Gasteiger partial charge in [0.25, 0.3) is 0 Å². The summed E-state index contributed by atoms with van der Waals surface area (Å²) in [6, 6.07) is 9.92. The fourth-order valence-electron chi connectivity index (χ4n) is 2.66. The smallest absolute Gasteiger partial charge is 0.325 e. The largest absolute Gasteiger partial charge is 0.493 e. The van der Waals surface area contributed by atoms with Gasteiger partial charge < -0.3 is 10.5 Å². The van der Waals surface area contributed by atoms with Gasteiger partial charge in [-0.05, 0) is 48.4 Å². The first-order valence-corrected chi connectivity index (χ1v) is 9.89. The molecular formula is C21H21F2N3O2S. The molecule has 0 unspecified atom stereocenters. The molecule has 0 atom stereocenters. The van der Waals surface area contributed by atoms with Gasteiger partial charge in [-0.15, -0.1) is 11.3 Å². The highest BCUT2D eigenvalue weighted by molar-refractivity contribution is 7.14. The number of halogens is 2. The van der Waals surface area contributed by atoms with Crippen molar-refractivity contribution in [3.05, 3.63) is 59.2 Å². The van der Waals surface area contributed by atoms with Crippen molar-refractivity contribution >= 4 is 28.2 Å². The van der Waals surface area contributed by atoms with Crippen LogP contribution in [-0.4, -0.2) is 17.6 Å². The molecule has 152 valence electrons. The molecule has 0 radical (unpaired) electrons. The van der Waals surface area contributed by atoms with E-state index >= 15 is 0 Å². The minimum atomic E-state index is -0.745. The van der Waals surface area contributed by atoms with Crippen LogP contribution in [0.4, 0.5) is 24.4 Å². The molecule has 1 aromatic heterocycles. The fourth-order valence-corrected chi connectivity index (χ4v) is 3.52. The summed E-state index contributed by atoms with van der Waals surface area (Å²) < 4.78 is 32.3. The summed E-state index contributed by atoms with van der Waals surface area (Å²) in [5, 5.41) is 2.08. The lowest BCUT2D eigenvalue weighted by atomic mass is 10.1. The average Bonchev–Trinajstić information content (AvgIpc) is 3.16. The van der Waals surface area contributed by atoms with Gasteiger partial charge in [-0.25, -0.2) is 23.5 Å². The van der Waals surface area contributed by atoms with E-state index in [4.69, 9.17) is 10.5 Å². The Morgan fingerprint density at radius 2 is 1.97 bits per heavy atom. The van der Waals surface area contributed by atoms with Gasteiger partial charge in [0, 0.05) is 16.5 Å². The second-order valence-electron chi connectivity index (χ2n) is 6.83. The number of alkyl halides is 1. The van der Waals surface area contributed by atoms with Crippen molar-refractivity contribution in [2.45, 2.75) is 20.5 Å². The second-order valence-corrected chi connectivity index (χ2v) is 7.66. The van der Waals surface area contributed by atoms with Crippen LogP contribution < -0.4 is 15.4 Å². The lowest BCUT2D eigenvalue weighted by Gasteiger charge is -2.19. The van der Waals surface area contributed by atoms with Gasteiger partial charge >= 0.3 is 6.03 Å². The minimum Gasteiger partial charge on any atom is -0.493 e.